The van der Waals surface area contributed by atoms with Gasteiger partial charge in [-0.2, -0.15) is 0 Å². The van der Waals surface area contributed by atoms with Crippen LogP contribution in [-0.4, -0.2) is 68.8 Å². The average molecular weight is 460 g/mol. The third kappa shape index (κ3) is 10.2. The van der Waals surface area contributed by atoms with E-state index in [1.54, 1.807) is 34.6 Å². The normalized spacial score (nSPS) is 15.2. The summed E-state index contributed by atoms with van der Waals surface area (Å²) >= 11 is 0. The second-order valence-corrected chi connectivity index (χ2v) is 8.85. The fourth-order valence-electron chi connectivity index (χ4n) is 3.47. The highest BCUT2D eigenvalue weighted by Crippen LogP contribution is 2.25. The second-order valence-electron chi connectivity index (χ2n) is 8.85. The summed E-state index contributed by atoms with van der Waals surface area (Å²) in [5, 5.41) is 2.63. The van der Waals surface area contributed by atoms with Crippen molar-refractivity contribution < 1.29 is 38.1 Å². The van der Waals surface area contributed by atoms with E-state index in [2.05, 4.69) is 5.32 Å². The number of rotatable bonds is 13. The van der Waals surface area contributed by atoms with E-state index in [0.717, 1.165) is 32.5 Å². The van der Waals surface area contributed by atoms with Crippen LogP contribution in [0.25, 0.3) is 0 Å². The predicted octanol–water partition coefficient (Wildman–Crippen LogP) is 3.38. The fourth-order valence-corrected chi connectivity index (χ4v) is 3.47. The second kappa shape index (κ2) is 14.3. The number of amides is 1. The molecule has 1 aliphatic heterocycles. The van der Waals surface area contributed by atoms with Crippen molar-refractivity contribution in [2.45, 2.75) is 84.3 Å². The molecule has 1 rings (SSSR count). The van der Waals surface area contributed by atoms with E-state index in [0.29, 0.717) is 18.8 Å². The molecule has 0 bridgehead atoms. The van der Waals surface area contributed by atoms with Crippen molar-refractivity contribution in [1.82, 2.24) is 5.32 Å². The number of alkyl carbamates (subject to hydrolysis) is 1. The summed E-state index contributed by atoms with van der Waals surface area (Å²) in [6.07, 6.45) is 3.43. The maximum Gasteiger partial charge on any atom is 0.407 e. The van der Waals surface area contributed by atoms with Crippen LogP contribution < -0.4 is 5.32 Å². The zero-order valence-electron chi connectivity index (χ0n) is 20.3. The summed E-state index contributed by atoms with van der Waals surface area (Å²) in [7, 11) is 0. The van der Waals surface area contributed by atoms with E-state index in [-0.39, 0.29) is 32.8 Å². The largest absolute Gasteiger partial charge is 0.463 e. The van der Waals surface area contributed by atoms with E-state index >= 15 is 0 Å². The number of hydrogen-bond acceptors (Lipinski definition) is 8. The molecule has 1 aliphatic rings. The lowest BCUT2D eigenvalue weighted by atomic mass is 9.94. The Balaban J connectivity index is 2.73. The van der Waals surface area contributed by atoms with Crippen LogP contribution in [0.2, 0.25) is 0 Å². The van der Waals surface area contributed by atoms with Gasteiger partial charge in [-0.05, 0) is 72.6 Å². The van der Waals surface area contributed by atoms with Crippen LogP contribution >= 0.6 is 0 Å². The molecule has 9 heteroatoms. The Morgan fingerprint density at radius 3 is 2.09 bits per heavy atom. The third-order valence-electron chi connectivity index (χ3n) is 5.03. The van der Waals surface area contributed by atoms with Gasteiger partial charge in [0.05, 0.1) is 13.2 Å². The van der Waals surface area contributed by atoms with Crippen LogP contribution in [0.1, 0.15) is 73.1 Å². The minimum absolute atomic E-state index is 0.0255. The first-order valence-corrected chi connectivity index (χ1v) is 11.7. The van der Waals surface area contributed by atoms with E-state index in [9.17, 15) is 14.4 Å². The van der Waals surface area contributed by atoms with Crippen molar-refractivity contribution in [2.75, 3.05) is 39.6 Å². The quantitative estimate of drug-likeness (QED) is 0.193. The van der Waals surface area contributed by atoms with Crippen molar-refractivity contribution in [3.8, 4) is 0 Å². The van der Waals surface area contributed by atoms with Gasteiger partial charge in [0.25, 0.3) is 5.60 Å². The van der Waals surface area contributed by atoms with E-state index in [1.807, 2.05) is 0 Å². The molecule has 0 aromatic carbocycles. The highest BCUT2D eigenvalue weighted by molar-refractivity contribution is 6.03. The van der Waals surface area contributed by atoms with Crippen LogP contribution in [0.4, 0.5) is 4.79 Å². The Kier molecular flexibility index (Phi) is 12.6. The molecule has 0 aliphatic carbocycles. The molecule has 1 amide bonds. The molecule has 0 unspecified atom stereocenters. The number of ether oxygens (including phenoxy) is 5. The van der Waals surface area contributed by atoms with Crippen LogP contribution in [0, 0.1) is 5.92 Å². The Labute approximate surface area is 191 Å². The lowest BCUT2D eigenvalue weighted by molar-refractivity contribution is -0.192. The van der Waals surface area contributed by atoms with Gasteiger partial charge in [-0.3, -0.25) is 0 Å². The molecule has 9 nitrogen and oxygen atoms in total. The Morgan fingerprint density at radius 2 is 1.56 bits per heavy atom. The van der Waals surface area contributed by atoms with E-state index in [1.165, 1.54) is 0 Å². The fraction of sp³-hybridized carbons (Fsp3) is 0.870. The molecule has 0 aromatic rings. The number of nitrogens with one attached hydrogen (secondary N) is 1. The lowest BCUT2D eigenvalue weighted by Crippen LogP contribution is -2.52. The summed E-state index contributed by atoms with van der Waals surface area (Å²) < 4.78 is 26.8. The van der Waals surface area contributed by atoms with Crippen molar-refractivity contribution in [3.05, 3.63) is 0 Å². The van der Waals surface area contributed by atoms with E-state index in [4.69, 9.17) is 23.7 Å². The van der Waals surface area contributed by atoms with Gasteiger partial charge in [-0.1, -0.05) is 0 Å². The number of hydrogen-bond donors (Lipinski definition) is 1. The number of carbonyl (C=O) groups excluding carboxylic acids is 3. The molecule has 0 aromatic heterocycles. The van der Waals surface area contributed by atoms with Crippen molar-refractivity contribution in [3.63, 3.8) is 0 Å². The highest BCUT2D eigenvalue weighted by Gasteiger charge is 2.50. The highest BCUT2D eigenvalue weighted by atomic mass is 16.6. The molecule has 32 heavy (non-hydrogen) atoms. The standard InChI is InChI=1S/C23H41NO8/c1-6-29-19(25)23(20(26)30-7-2,13-9-14-24-21(27)32-22(3,4)5)31-15-8-10-18-11-16-28-17-12-18/h18H,6-17H2,1-5H3,(H,24,27). The first-order chi connectivity index (χ1) is 15.1. The Hall–Kier alpha value is -1.87. The number of esters is 2. The van der Waals surface area contributed by atoms with Crippen LogP contribution in [0.5, 0.6) is 0 Å². The van der Waals surface area contributed by atoms with Gasteiger partial charge in [-0.15, -0.1) is 0 Å². The monoisotopic (exact) mass is 459 g/mol. The first-order valence-electron chi connectivity index (χ1n) is 11.7. The van der Waals surface area contributed by atoms with Crippen LogP contribution in [0.3, 0.4) is 0 Å². The molecule has 1 saturated heterocycles. The minimum atomic E-state index is -1.85. The summed E-state index contributed by atoms with van der Waals surface area (Å²) in [6, 6.07) is 0. The van der Waals surface area contributed by atoms with Crippen LogP contribution in [-0.2, 0) is 33.3 Å². The van der Waals surface area contributed by atoms with Gasteiger partial charge in [0.2, 0.25) is 0 Å². The molecule has 186 valence electrons. The minimum Gasteiger partial charge on any atom is -0.463 e. The zero-order chi connectivity index (χ0) is 24.0. The molecule has 1 fully saturated rings. The summed E-state index contributed by atoms with van der Waals surface area (Å²) in [6.45, 7) is 10.9. The maximum atomic E-state index is 12.8. The summed E-state index contributed by atoms with van der Waals surface area (Å²) in [5.41, 5.74) is -2.46. The predicted molar refractivity (Wildman–Crippen MR) is 118 cm³/mol. The van der Waals surface area contributed by atoms with Gasteiger partial charge in [0.15, 0.2) is 0 Å². The topological polar surface area (TPSA) is 109 Å². The van der Waals surface area contributed by atoms with Crippen molar-refractivity contribution in [2.24, 2.45) is 5.92 Å². The molecule has 0 radical (unpaired) electrons. The maximum absolute atomic E-state index is 12.8. The SMILES string of the molecule is CCOC(=O)C(CCCNC(=O)OC(C)(C)C)(OCCCC1CCOCC1)C(=O)OCC. The average Bonchev–Trinajstić information content (AvgIpc) is 2.72. The molecule has 0 spiro atoms. The summed E-state index contributed by atoms with van der Waals surface area (Å²) in [4.78, 5) is 37.5. The molecule has 1 heterocycles. The van der Waals surface area contributed by atoms with Gasteiger partial charge in [0.1, 0.15) is 5.60 Å². The Morgan fingerprint density at radius 1 is 0.969 bits per heavy atom. The zero-order valence-corrected chi connectivity index (χ0v) is 20.3. The van der Waals surface area contributed by atoms with Crippen LogP contribution in [0.15, 0.2) is 0 Å². The van der Waals surface area contributed by atoms with Gasteiger partial charge in [-0.25, -0.2) is 14.4 Å². The van der Waals surface area contributed by atoms with Gasteiger partial charge in [0, 0.05) is 32.8 Å². The Bertz CT molecular complexity index is 563. The molecule has 0 saturated carbocycles. The number of carbonyl (C=O) groups is 3. The van der Waals surface area contributed by atoms with E-state index < -0.39 is 29.2 Å². The summed E-state index contributed by atoms with van der Waals surface area (Å²) in [5.74, 6) is -0.964. The van der Waals surface area contributed by atoms with Gasteiger partial charge >= 0.3 is 18.0 Å². The lowest BCUT2D eigenvalue weighted by Gasteiger charge is -2.30. The first kappa shape index (κ1) is 28.2. The molecule has 1 N–H and O–H groups in total. The molecular weight excluding hydrogens is 418 g/mol. The van der Waals surface area contributed by atoms with Crippen molar-refractivity contribution >= 4 is 18.0 Å². The smallest absolute Gasteiger partial charge is 0.407 e. The third-order valence-corrected chi connectivity index (χ3v) is 5.03. The van der Waals surface area contributed by atoms with Gasteiger partial charge < -0.3 is 29.0 Å². The van der Waals surface area contributed by atoms with Crippen molar-refractivity contribution in [1.29, 1.82) is 0 Å². The molecule has 0 atom stereocenters. The molecular formula is C23H41NO8.